The van der Waals surface area contributed by atoms with Gasteiger partial charge < -0.3 is 10.3 Å². The van der Waals surface area contributed by atoms with Crippen LogP contribution in [-0.4, -0.2) is 10.6 Å². The van der Waals surface area contributed by atoms with E-state index in [9.17, 15) is 0 Å². The Balaban J connectivity index is 2.56. The van der Waals surface area contributed by atoms with Crippen LogP contribution in [-0.2, 0) is 13.0 Å². The molecule has 2 N–H and O–H groups in total. The van der Waals surface area contributed by atoms with Gasteiger partial charge in [-0.15, -0.1) is 0 Å². The number of aromatic nitrogens is 1. The number of hydrogen-bond acceptors (Lipinski definition) is 1. The van der Waals surface area contributed by atoms with Crippen molar-refractivity contribution in [1.82, 2.24) is 4.57 Å². The average Bonchev–Trinajstić information content (AvgIpc) is 2.70. The van der Waals surface area contributed by atoms with E-state index in [0.29, 0.717) is 0 Å². The standard InChI is InChI=1S/C15H28N2/c1-4-6-8-14(5-2)12-17-10-7-9-15(17)11-13(3)16/h7,9-10,13-14H,4-6,8,11-12,16H2,1-3H3. The van der Waals surface area contributed by atoms with Crippen LogP contribution in [0.2, 0.25) is 0 Å². The van der Waals surface area contributed by atoms with E-state index >= 15 is 0 Å². The van der Waals surface area contributed by atoms with Gasteiger partial charge in [-0.3, -0.25) is 0 Å². The van der Waals surface area contributed by atoms with Gasteiger partial charge in [0.15, 0.2) is 0 Å². The Morgan fingerprint density at radius 3 is 2.71 bits per heavy atom. The minimum atomic E-state index is 0.249. The molecule has 98 valence electrons. The number of nitrogens with zero attached hydrogens (tertiary/aromatic N) is 1. The lowest BCUT2D eigenvalue weighted by Crippen LogP contribution is -2.21. The third kappa shape index (κ3) is 4.95. The highest BCUT2D eigenvalue weighted by Crippen LogP contribution is 2.17. The molecule has 2 atom stereocenters. The summed E-state index contributed by atoms with van der Waals surface area (Å²) in [4.78, 5) is 0. The quantitative estimate of drug-likeness (QED) is 0.734. The second-order valence-electron chi connectivity index (χ2n) is 5.25. The van der Waals surface area contributed by atoms with Gasteiger partial charge in [0.05, 0.1) is 0 Å². The molecule has 0 aliphatic heterocycles. The van der Waals surface area contributed by atoms with Gasteiger partial charge in [0.1, 0.15) is 0 Å². The topological polar surface area (TPSA) is 30.9 Å². The van der Waals surface area contributed by atoms with Crippen molar-refractivity contribution in [1.29, 1.82) is 0 Å². The zero-order valence-corrected chi connectivity index (χ0v) is 11.7. The fourth-order valence-electron chi connectivity index (χ4n) is 2.34. The minimum Gasteiger partial charge on any atom is -0.351 e. The van der Waals surface area contributed by atoms with Gasteiger partial charge >= 0.3 is 0 Å². The largest absolute Gasteiger partial charge is 0.351 e. The van der Waals surface area contributed by atoms with Crippen LogP contribution in [0, 0.1) is 5.92 Å². The number of unbranched alkanes of at least 4 members (excludes halogenated alkanes) is 1. The highest BCUT2D eigenvalue weighted by atomic mass is 15.0. The molecule has 2 heteroatoms. The Morgan fingerprint density at radius 1 is 1.35 bits per heavy atom. The van der Waals surface area contributed by atoms with Crippen LogP contribution < -0.4 is 5.73 Å². The average molecular weight is 236 g/mol. The normalized spacial score (nSPS) is 14.8. The predicted molar refractivity (Wildman–Crippen MR) is 75.1 cm³/mol. The van der Waals surface area contributed by atoms with Crippen LogP contribution >= 0.6 is 0 Å². The molecule has 1 rings (SSSR count). The minimum absolute atomic E-state index is 0.249. The summed E-state index contributed by atoms with van der Waals surface area (Å²) in [6.07, 6.45) is 8.46. The first-order chi connectivity index (χ1) is 8.17. The molecular formula is C15H28N2. The highest BCUT2D eigenvalue weighted by Gasteiger charge is 2.09. The predicted octanol–water partition coefficient (Wildman–Crippen LogP) is 3.59. The molecule has 0 saturated heterocycles. The SMILES string of the molecule is CCCCC(CC)Cn1cccc1CC(C)N. The molecule has 1 aromatic rings. The monoisotopic (exact) mass is 236 g/mol. The molecule has 0 aliphatic rings. The maximum atomic E-state index is 5.88. The van der Waals surface area contributed by atoms with Crippen molar-refractivity contribution in [2.24, 2.45) is 11.7 Å². The van der Waals surface area contributed by atoms with Gasteiger partial charge in [0.25, 0.3) is 0 Å². The van der Waals surface area contributed by atoms with Crippen molar-refractivity contribution in [2.75, 3.05) is 0 Å². The van der Waals surface area contributed by atoms with E-state index < -0.39 is 0 Å². The van der Waals surface area contributed by atoms with E-state index in [1.165, 1.54) is 31.4 Å². The van der Waals surface area contributed by atoms with E-state index in [4.69, 9.17) is 5.73 Å². The second kappa shape index (κ2) is 7.54. The fraction of sp³-hybridized carbons (Fsp3) is 0.733. The van der Waals surface area contributed by atoms with Crippen LogP contribution in [0.15, 0.2) is 18.3 Å². The molecule has 17 heavy (non-hydrogen) atoms. The van der Waals surface area contributed by atoms with E-state index in [-0.39, 0.29) is 6.04 Å². The van der Waals surface area contributed by atoms with Crippen molar-refractivity contribution in [3.05, 3.63) is 24.0 Å². The van der Waals surface area contributed by atoms with Gasteiger partial charge in [-0.25, -0.2) is 0 Å². The van der Waals surface area contributed by atoms with Crippen molar-refractivity contribution in [2.45, 2.75) is 65.5 Å². The third-order valence-electron chi connectivity index (χ3n) is 3.45. The summed E-state index contributed by atoms with van der Waals surface area (Å²) in [7, 11) is 0. The highest BCUT2D eigenvalue weighted by molar-refractivity contribution is 5.08. The molecule has 0 bridgehead atoms. The van der Waals surface area contributed by atoms with E-state index in [1.807, 2.05) is 0 Å². The first-order valence-electron chi connectivity index (χ1n) is 7.06. The molecular weight excluding hydrogens is 208 g/mol. The zero-order chi connectivity index (χ0) is 12.7. The summed E-state index contributed by atoms with van der Waals surface area (Å²) in [5.41, 5.74) is 7.27. The molecule has 0 radical (unpaired) electrons. The molecule has 1 aromatic heterocycles. The van der Waals surface area contributed by atoms with Crippen molar-refractivity contribution in [3.63, 3.8) is 0 Å². The third-order valence-corrected chi connectivity index (χ3v) is 3.45. The lowest BCUT2D eigenvalue weighted by molar-refractivity contribution is 0.385. The van der Waals surface area contributed by atoms with Crippen LogP contribution in [0.3, 0.4) is 0 Å². The number of rotatable bonds is 8. The van der Waals surface area contributed by atoms with E-state index in [0.717, 1.165) is 18.9 Å². The number of hydrogen-bond donors (Lipinski definition) is 1. The first-order valence-corrected chi connectivity index (χ1v) is 7.06. The van der Waals surface area contributed by atoms with Crippen LogP contribution in [0.5, 0.6) is 0 Å². The van der Waals surface area contributed by atoms with Gasteiger partial charge in [0, 0.05) is 30.9 Å². The molecule has 2 unspecified atom stereocenters. The summed E-state index contributed by atoms with van der Waals surface area (Å²) >= 11 is 0. The molecule has 1 heterocycles. The summed E-state index contributed by atoms with van der Waals surface area (Å²) < 4.78 is 2.40. The maximum absolute atomic E-state index is 5.88. The van der Waals surface area contributed by atoms with Crippen molar-refractivity contribution >= 4 is 0 Å². The maximum Gasteiger partial charge on any atom is 0.0250 e. The van der Waals surface area contributed by atoms with E-state index in [2.05, 4.69) is 43.7 Å². The molecule has 0 aliphatic carbocycles. The molecule has 0 fully saturated rings. The van der Waals surface area contributed by atoms with Crippen molar-refractivity contribution in [3.8, 4) is 0 Å². The first kappa shape index (κ1) is 14.3. The Bertz CT molecular complexity index is 302. The van der Waals surface area contributed by atoms with Crippen LogP contribution in [0.25, 0.3) is 0 Å². The molecule has 0 aromatic carbocycles. The summed E-state index contributed by atoms with van der Waals surface area (Å²) in [5.74, 6) is 0.814. The Kier molecular flexibility index (Phi) is 6.35. The zero-order valence-electron chi connectivity index (χ0n) is 11.7. The Labute approximate surface area is 106 Å². The van der Waals surface area contributed by atoms with Gasteiger partial charge in [-0.1, -0.05) is 33.1 Å². The lowest BCUT2D eigenvalue weighted by atomic mass is 9.99. The molecule has 0 spiro atoms. The van der Waals surface area contributed by atoms with Crippen molar-refractivity contribution < 1.29 is 0 Å². The second-order valence-corrected chi connectivity index (χ2v) is 5.25. The Hall–Kier alpha value is -0.760. The summed E-state index contributed by atoms with van der Waals surface area (Å²) in [6, 6.07) is 4.60. The molecule has 2 nitrogen and oxygen atoms in total. The van der Waals surface area contributed by atoms with E-state index in [1.54, 1.807) is 0 Å². The number of nitrogens with two attached hydrogens (primary N) is 1. The lowest BCUT2D eigenvalue weighted by Gasteiger charge is -2.18. The summed E-state index contributed by atoms with van der Waals surface area (Å²) in [6.45, 7) is 7.80. The molecule has 0 amide bonds. The van der Waals surface area contributed by atoms with Crippen LogP contribution in [0.4, 0.5) is 0 Å². The van der Waals surface area contributed by atoms with Gasteiger partial charge in [0.2, 0.25) is 0 Å². The smallest absolute Gasteiger partial charge is 0.0250 e. The Morgan fingerprint density at radius 2 is 2.12 bits per heavy atom. The fourth-order valence-corrected chi connectivity index (χ4v) is 2.34. The molecule has 0 saturated carbocycles. The van der Waals surface area contributed by atoms with Gasteiger partial charge in [-0.2, -0.15) is 0 Å². The van der Waals surface area contributed by atoms with Crippen LogP contribution in [0.1, 0.15) is 52.1 Å². The van der Waals surface area contributed by atoms with Gasteiger partial charge in [-0.05, 0) is 31.4 Å². The summed E-state index contributed by atoms with van der Waals surface area (Å²) in [5, 5.41) is 0.